The Morgan fingerprint density at radius 1 is 1.50 bits per heavy atom. The predicted octanol–water partition coefficient (Wildman–Crippen LogP) is 2.39. The lowest BCUT2D eigenvalue weighted by molar-refractivity contribution is -0.383. The minimum Gasteiger partial charge on any atom is -0.381 e. The summed E-state index contributed by atoms with van der Waals surface area (Å²) in [6.07, 6.45) is 1.38. The number of hydrogen-bond donors (Lipinski definition) is 2. The van der Waals surface area contributed by atoms with Crippen molar-refractivity contribution in [2.45, 2.75) is 0 Å². The SMILES string of the molecule is CNc1c(Cl)cc(C(=O)Nc2cnns2)cc1[N+](=O)[O-]. The number of amides is 1. The topological polar surface area (TPSA) is 110 Å². The van der Waals surface area contributed by atoms with Gasteiger partial charge in [-0.15, -0.1) is 5.10 Å². The van der Waals surface area contributed by atoms with Crippen LogP contribution in [-0.4, -0.2) is 27.5 Å². The Morgan fingerprint density at radius 3 is 2.80 bits per heavy atom. The molecule has 2 N–H and O–H groups in total. The molecule has 0 saturated heterocycles. The second kappa shape index (κ2) is 5.80. The molecular formula is C10H8ClN5O3S. The Kier molecular flexibility index (Phi) is 4.11. The number of benzene rings is 1. The van der Waals surface area contributed by atoms with Gasteiger partial charge in [0.2, 0.25) is 0 Å². The van der Waals surface area contributed by atoms with E-state index in [0.29, 0.717) is 5.00 Å². The van der Waals surface area contributed by atoms with Crippen molar-refractivity contribution < 1.29 is 9.72 Å². The molecule has 2 aromatic rings. The summed E-state index contributed by atoms with van der Waals surface area (Å²) in [5.74, 6) is -0.524. The second-order valence-electron chi connectivity index (χ2n) is 3.60. The number of anilines is 2. The number of nitrogens with zero attached hydrogens (tertiary/aromatic N) is 3. The highest BCUT2D eigenvalue weighted by Crippen LogP contribution is 2.33. The number of nitro benzene ring substituents is 1. The number of hydrogen-bond acceptors (Lipinski definition) is 7. The van der Waals surface area contributed by atoms with Gasteiger partial charge in [-0.25, -0.2) is 0 Å². The van der Waals surface area contributed by atoms with Gasteiger partial charge in [-0.1, -0.05) is 16.1 Å². The molecule has 0 saturated carbocycles. The molecule has 0 spiro atoms. The molecule has 0 unspecified atom stereocenters. The molecule has 0 aliphatic rings. The molecule has 0 atom stereocenters. The minimum atomic E-state index is -0.608. The highest BCUT2D eigenvalue weighted by Gasteiger charge is 2.21. The van der Waals surface area contributed by atoms with E-state index in [1.807, 2.05) is 0 Å². The van der Waals surface area contributed by atoms with E-state index in [9.17, 15) is 14.9 Å². The second-order valence-corrected chi connectivity index (χ2v) is 4.79. The van der Waals surface area contributed by atoms with E-state index in [-0.39, 0.29) is 22.0 Å². The van der Waals surface area contributed by atoms with Crippen LogP contribution in [0.2, 0.25) is 5.02 Å². The summed E-state index contributed by atoms with van der Waals surface area (Å²) >= 11 is 6.93. The minimum absolute atomic E-state index is 0.0779. The summed E-state index contributed by atoms with van der Waals surface area (Å²) in [5.41, 5.74) is -0.0330. The lowest BCUT2D eigenvalue weighted by atomic mass is 10.1. The van der Waals surface area contributed by atoms with Gasteiger partial charge in [0.15, 0.2) is 0 Å². The maximum Gasteiger partial charge on any atom is 0.294 e. The zero-order valence-corrected chi connectivity index (χ0v) is 11.7. The van der Waals surface area contributed by atoms with E-state index in [2.05, 4.69) is 20.2 Å². The van der Waals surface area contributed by atoms with Gasteiger partial charge in [-0.2, -0.15) is 0 Å². The Hall–Kier alpha value is -2.26. The molecule has 1 aromatic heterocycles. The molecule has 1 amide bonds. The fraction of sp³-hybridized carbons (Fsp3) is 0.100. The zero-order valence-electron chi connectivity index (χ0n) is 10.1. The van der Waals surface area contributed by atoms with E-state index in [4.69, 9.17) is 11.6 Å². The molecule has 1 heterocycles. The third-order valence-corrected chi connectivity index (χ3v) is 3.25. The van der Waals surface area contributed by atoms with Gasteiger partial charge in [0.05, 0.1) is 16.1 Å². The fourth-order valence-corrected chi connectivity index (χ4v) is 2.24. The average molecular weight is 314 g/mol. The third kappa shape index (κ3) is 2.83. The maximum absolute atomic E-state index is 12.0. The third-order valence-electron chi connectivity index (χ3n) is 2.38. The van der Waals surface area contributed by atoms with Crippen molar-refractivity contribution in [2.75, 3.05) is 17.7 Å². The van der Waals surface area contributed by atoms with Crippen molar-refractivity contribution in [3.05, 3.63) is 39.0 Å². The number of nitro groups is 1. The summed E-state index contributed by atoms with van der Waals surface area (Å²) < 4.78 is 3.59. The highest BCUT2D eigenvalue weighted by atomic mass is 35.5. The standard InChI is InChI=1S/C10H8ClN5O3S/c1-12-9-6(11)2-5(3-7(9)16(18)19)10(17)14-8-4-13-15-20-8/h2-4,12H,1H3,(H,14,17). The Labute approximate surface area is 122 Å². The Morgan fingerprint density at radius 2 is 2.25 bits per heavy atom. The molecule has 20 heavy (non-hydrogen) atoms. The largest absolute Gasteiger partial charge is 0.381 e. The van der Waals surface area contributed by atoms with Crippen LogP contribution >= 0.6 is 23.1 Å². The molecule has 8 nitrogen and oxygen atoms in total. The number of nitrogens with one attached hydrogen (secondary N) is 2. The van der Waals surface area contributed by atoms with Gasteiger partial charge in [0, 0.05) is 30.2 Å². The van der Waals surface area contributed by atoms with Crippen molar-refractivity contribution >= 4 is 45.4 Å². The fourth-order valence-electron chi connectivity index (χ4n) is 1.52. The van der Waals surface area contributed by atoms with Gasteiger partial charge in [0.25, 0.3) is 11.6 Å². The van der Waals surface area contributed by atoms with E-state index in [0.717, 1.165) is 17.6 Å². The molecule has 104 valence electrons. The molecule has 10 heteroatoms. The van der Waals surface area contributed by atoms with Crippen LogP contribution in [0.25, 0.3) is 0 Å². The van der Waals surface area contributed by atoms with E-state index in [1.165, 1.54) is 19.3 Å². The summed E-state index contributed by atoms with van der Waals surface area (Å²) in [7, 11) is 1.51. The van der Waals surface area contributed by atoms with E-state index in [1.54, 1.807) is 0 Å². The van der Waals surface area contributed by atoms with Crippen LogP contribution in [-0.2, 0) is 0 Å². The average Bonchev–Trinajstić information content (AvgIpc) is 2.90. The molecular weight excluding hydrogens is 306 g/mol. The summed E-state index contributed by atoms with van der Waals surface area (Å²) in [6, 6.07) is 2.51. The first kappa shape index (κ1) is 14.2. The number of carbonyl (C=O) groups excluding carboxylic acids is 1. The van der Waals surface area contributed by atoms with Crippen LogP contribution in [0.15, 0.2) is 18.3 Å². The van der Waals surface area contributed by atoms with Crippen LogP contribution in [0.1, 0.15) is 10.4 Å². The van der Waals surface area contributed by atoms with Gasteiger partial charge in [0.1, 0.15) is 10.7 Å². The Balaban J connectivity index is 2.37. The number of aromatic nitrogens is 2. The van der Waals surface area contributed by atoms with Crippen molar-refractivity contribution in [2.24, 2.45) is 0 Å². The Bertz CT molecular complexity index is 661. The number of rotatable bonds is 4. The van der Waals surface area contributed by atoms with Gasteiger partial charge in [-0.05, 0) is 6.07 Å². The first-order valence-corrected chi connectivity index (χ1v) is 6.42. The first-order chi connectivity index (χ1) is 9.52. The molecule has 0 aliphatic carbocycles. The maximum atomic E-state index is 12.0. The molecule has 0 radical (unpaired) electrons. The number of carbonyl (C=O) groups is 1. The first-order valence-electron chi connectivity index (χ1n) is 5.27. The lowest BCUT2D eigenvalue weighted by Crippen LogP contribution is -2.12. The summed E-state index contributed by atoms with van der Waals surface area (Å²) in [5, 5.41) is 20.2. The molecule has 1 aromatic carbocycles. The number of halogens is 1. The highest BCUT2D eigenvalue weighted by molar-refractivity contribution is 7.10. The van der Waals surface area contributed by atoms with Crippen molar-refractivity contribution in [3.63, 3.8) is 0 Å². The van der Waals surface area contributed by atoms with Crippen molar-refractivity contribution in [3.8, 4) is 0 Å². The molecule has 0 fully saturated rings. The summed E-state index contributed by atoms with van der Waals surface area (Å²) in [4.78, 5) is 22.4. The van der Waals surface area contributed by atoms with Crippen molar-refractivity contribution in [1.29, 1.82) is 0 Å². The zero-order chi connectivity index (χ0) is 14.7. The van der Waals surface area contributed by atoms with Crippen LogP contribution < -0.4 is 10.6 Å². The van der Waals surface area contributed by atoms with Gasteiger partial charge in [-0.3, -0.25) is 14.9 Å². The van der Waals surface area contributed by atoms with Gasteiger partial charge < -0.3 is 10.6 Å². The quantitative estimate of drug-likeness (QED) is 0.662. The normalized spacial score (nSPS) is 10.1. The van der Waals surface area contributed by atoms with Crippen LogP contribution in [0.3, 0.4) is 0 Å². The monoisotopic (exact) mass is 313 g/mol. The predicted molar refractivity (Wildman–Crippen MR) is 75.5 cm³/mol. The van der Waals surface area contributed by atoms with Crippen LogP contribution in [0, 0.1) is 10.1 Å². The smallest absolute Gasteiger partial charge is 0.294 e. The van der Waals surface area contributed by atoms with Crippen molar-refractivity contribution in [1.82, 2.24) is 9.59 Å². The van der Waals surface area contributed by atoms with E-state index >= 15 is 0 Å². The van der Waals surface area contributed by atoms with Gasteiger partial charge >= 0.3 is 0 Å². The molecule has 2 rings (SSSR count). The van der Waals surface area contributed by atoms with E-state index < -0.39 is 10.8 Å². The summed E-state index contributed by atoms with van der Waals surface area (Å²) in [6.45, 7) is 0. The lowest BCUT2D eigenvalue weighted by Gasteiger charge is -2.07. The molecule has 0 bridgehead atoms. The van der Waals surface area contributed by atoms with Crippen LogP contribution in [0.4, 0.5) is 16.4 Å². The molecule has 0 aliphatic heterocycles. The van der Waals surface area contributed by atoms with Crippen LogP contribution in [0.5, 0.6) is 0 Å².